The second kappa shape index (κ2) is 6.50. The van der Waals surface area contributed by atoms with Crippen LogP contribution in [0.3, 0.4) is 0 Å². The van der Waals surface area contributed by atoms with Gasteiger partial charge in [-0.25, -0.2) is 0 Å². The fourth-order valence-corrected chi connectivity index (χ4v) is 2.97. The molecular formula is C16H19ClN4O. The third-order valence-corrected chi connectivity index (χ3v) is 4.18. The lowest BCUT2D eigenvalue weighted by molar-refractivity contribution is 0.0634. The second-order valence-electron chi connectivity index (χ2n) is 5.36. The van der Waals surface area contributed by atoms with Crippen molar-refractivity contribution in [2.24, 2.45) is 0 Å². The molecule has 0 aliphatic carbocycles. The van der Waals surface area contributed by atoms with E-state index in [1.54, 1.807) is 17.1 Å². The van der Waals surface area contributed by atoms with Gasteiger partial charge in [0.05, 0.1) is 17.8 Å². The van der Waals surface area contributed by atoms with Crippen LogP contribution in [0, 0.1) is 0 Å². The third kappa shape index (κ3) is 3.00. The van der Waals surface area contributed by atoms with E-state index in [0.29, 0.717) is 17.1 Å². The van der Waals surface area contributed by atoms with Crippen LogP contribution < -0.4 is 5.32 Å². The first kappa shape index (κ1) is 15.1. The van der Waals surface area contributed by atoms with Crippen LogP contribution in [0.25, 0.3) is 0 Å². The van der Waals surface area contributed by atoms with Crippen LogP contribution in [0.4, 0.5) is 0 Å². The number of benzene rings is 1. The normalized spacial score (nSPS) is 18.5. The van der Waals surface area contributed by atoms with Gasteiger partial charge in [0, 0.05) is 37.4 Å². The molecule has 1 amide bonds. The molecular weight excluding hydrogens is 300 g/mol. The molecule has 1 saturated heterocycles. The monoisotopic (exact) mass is 318 g/mol. The van der Waals surface area contributed by atoms with Crippen molar-refractivity contribution in [2.45, 2.75) is 19.5 Å². The molecule has 1 aliphatic rings. The van der Waals surface area contributed by atoms with Gasteiger partial charge < -0.3 is 10.2 Å². The summed E-state index contributed by atoms with van der Waals surface area (Å²) in [6.07, 6.45) is 3.45. The van der Waals surface area contributed by atoms with E-state index in [1.807, 2.05) is 36.1 Å². The van der Waals surface area contributed by atoms with Crippen molar-refractivity contribution in [3.63, 3.8) is 0 Å². The largest absolute Gasteiger partial charge is 0.329 e. The average molecular weight is 319 g/mol. The molecule has 5 nitrogen and oxygen atoms in total. The van der Waals surface area contributed by atoms with Crippen LogP contribution in [0.15, 0.2) is 36.7 Å². The van der Waals surface area contributed by atoms with Crippen molar-refractivity contribution in [2.75, 3.05) is 19.6 Å². The first-order valence-corrected chi connectivity index (χ1v) is 7.86. The number of nitrogens with zero attached hydrogens (tertiary/aromatic N) is 3. The minimum absolute atomic E-state index is 0.00933. The van der Waals surface area contributed by atoms with Crippen molar-refractivity contribution in [1.82, 2.24) is 20.0 Å². The Labute approximate surface area is 134 Å². The van der Waals surface area contributed by atoms with Gasteiger partial charge in [0.25, 0.3) is 5.91 Å². The van der Waals surface area contributed by atoms with E-state index in [9.17, 15) is 4.79 Å². The molecule has 0 saturated carbocycles. The summed E-state index contributed by atoms with van der Waals surface area (Å²) in [5.74, 6) is 0.0196. The Hall–Kier alpha value is -1.85. The van der Waals surface area contributed by atoms with Gasteiger partial charge in [0.2, 0.25) is 0 Å². The van der Waals surface area contributed by atoms with Gasteiger partial charge >= 0.3 is 0 Å². The summed E-state index contributed by atoms with van der Waals surface area (Å²) >= 11 is 6.09. The summed E-state index contributed by atoms with van der Waals surface area (Å²) in [7, 11) is 0. The van der Waals surface area contributed by atoms with Crippen LogP contribution in [-0.4, -0.2) is 40.2 Å². The lowest BCUT2D eigenvalue weighted by atomic mass is 10.0. The number of carbonyl (C=O) groups excluding carboxylic acids is 1. The van der Waals surface area contributed by atoms with Gasteiger partial charge in [-0.3, -0.25) is 9.48 Å². The molecule has 2 heterocycles. The van der Waals surface area contributed by atoms with Gasteiger partial charge in [-0.2, -0.15) is 5.10 Å². The van der Waals surface area contributed by atoms with E-state index in [4.69, 9.17) is 11.6 Å². The van der Waals surface area contributed by atoms with Crippen LogP contribution in [0.5, 0.6) is 0 Å². The molecule has 1 fully saturated rings. The number of nitrogens with one attached hydrogen (secondary N) is 1. The Morgan fingerprint density at radius 3 is 3.09 bits per heavy atom. The minimum Gasteiger partial charge on any atom is -0.329 e. The molecule has 0 bridgehead atoms. The smallest absolute Gasteiger partial charge is 0.257 e. The maximum absolute atomic E-state index is 12.8. The highest BCUT2D eigenvalue weighted by Gasteiger charge is 2.29. The van der Waals surface area contributed by atoms with Gasteiger partial charge in [-0.05, 0) is 24.6 Å². The Morgan fingerprint density at radius 1 is 1.50 bits per heavy atom. The number of halogens is 1. The number of piperazine rings is 1. The quantitative estimate of drug-likeness (QED) is 0.945. The van der Waals surface area contributed by atoms with E-state index in [2.05, 4.69) is 10.4 Å². The predicted octanol–water partition coefficient (Wildman–Crippen LogP) is 2.34. The molecule has 1 aromatic heterocycles. The molecule has 1 aliphatic heterocycles. The van der Waals surface area contributed by atoms with Crippen molar-refractivity contribution >= 4 is 17.5 Å². The maximum atomic E-state index is 12.8. The van der Waals surface area contributed by atoms with E-state index < -0.39 is 0 Å². The topological polar surface area (TPSA) is 50.2 Å². The summed E-state index contributed by atoms with van der Waals surface area (Å²) in [5, 5.41) is 8.23. The van der Waals surface area contributed by atoms with E-state index in [-0.39, 0.29) is 11.9 Å². The molecule has 2 aromatic rings. The van der Waals surface area contributed by atoms with Crippen molar-refractivity contribution in [1.29, 1.82) is 0 Å². The SMILES string of the molecule is CCn1cc(C(=O)N2CCNCC2c2cccc(Cl)c2)cn1. The third-order valence-electron chi connectivity index (χ3n) is 3.94. The van der Waals surface area contributed by atoms with Crippen LogP contribution in [0.1, 0.15) is 28.9 Å². The fourth-order valence-electron chi connectivity index (χ4n) is 2.77. The molecule has 0 radical (unpaired) electrons. The van der Waals surface area contributed by atoms with Crippen molar-refractivity contribution in [3.8, 4) is 0 Å². The highest BCUT2D eigenvalue weighted by Crippen LogP contribution is 2.26. The first-order chi connectivity index (χ1) is 10.7. The average Bonchev–Trinajstić information content (AvgIpc) is 3.03. The van der Waals surface area contributed by atoms with Crippen LogP contribution in [-0.2, 0) is 6.54 Å². The zero-order valence-corrected chi connectivity index (χ0v) is 13.3. The Bertz CT molecular complexity index is 670. The van der Waals surface area contributed by atoms with E-state index in [0.717, 1.165) is 25.2 Å². The summed E-state index contributed by atoms with van der Waals surface area (Å²) < 4.78 is 1.77. The lowest BCUT2D eigenvalue weighted by Gasteiger charge is -2.36. The number of aryl methyl sites for hydroxylation is 1. The van der Waals surface area contributed by atoms with Crippen molar-refractivity contribution < 1.29 is 4.79 Å². The van der Waals surface area contributed by atoms with Gasteiger partial charge in [0.15, 0.2) is 0 Å². The number of rotatable bonds is 3. The molecule has 1 N–H and O–H groups in total. The molecule has 1 atom stereocenters. The predicted molar refractivity (Wildman–Crippen MR) is 86.0 cm³/mol. The minimum atomic E-state index is -0.00933. The highest BCUT2D eigenvalue weighted by molar-refractivity contribution is 6.30. The van der Waals surface area contributed by atoms with Gasteiger partial charge in [-0.15, -0.1) is 0 Å². The summed E-state index contributed by atoms with van der Waals surface area (Å²) in [6, 6.07) is 7.70. The number of carbonyl (C=O) groups is 1. The summed E-state index contributed by atoms with van der Waals surface area (Å²) in [6.45, 7) is 4.96. The molecule has 1 aromatic carbocycles. The number of amides is 1. The first-order valence-electron chi connectivity index (χ1n) is 7.48. The Morgan fingerprint density at radius 2 is 2.36 bits per heavy atom. The standard InChI is InChI=1S/C16H19ClN4O/c1-2-20-11-13(9-19-20)16(22)21-7-6-18-10-15(21)12-4-3-5-14(17)8-12/h3-5,8-9,11,15,18H,2,6-7,10H2,1H3. The zero-order valence-electron chi connectivity index (χ0n) is 12.5. The summed E-state index contributed by atoms with van der Waals surface area (Å²) in [5.41, 5.74) is 1.69. The Kier molecular flexibility index (Phi) is 4.45. The lowest BCUT2D eigenvalue weighted by Crippen LogP contribution is -2.48. The van der Waals surface area contributed by atoms with Gasteiger partial charge in [-0.1, -0.05) is 23.7 Å². The van der Waals surface area contributed by atoms with Gasteiger partial charge in [0.1, 0.15) is 0 Å². The molecule has 3 rings (SSSR count). The van der Waals surface area contributed by atoms with E-state index >= 15 is 0 Å². The Balaban J connectivity index is 1.87. The molecule has 6 heteroatoms. The molecule has 116 valence electrons. The molecule has 22 heavy (non-hydrogen) atoms. The van der Waals surface area contributed by atoms with Crippen molar-refractivity contribution in [3.05, 3.63) is 52.8 Å². The fraction of sp³-hybridized carbons (Fsp3) is 0.375. The summed E-state index contributed by atoms with van der Waals surface area (Å²) in [4.78, 5) is 14.7. The van der Waals surface area contributed by atoms with Crippen LogP contribution in [0.2, 0.25) is 5.02 Å². The number of hydrogen-bond donors (Lipinski definition) is 1. The number of hydrogen-bond acceptors (Lipinski definition) is 3. The van der Waals surface area contributed by atoms with Crippen LogP contribution >= 0.6 is 11.6 Å². The zero-order chi connectivity index (χ0) is 15.5. The maximum Gasteiger partial charge on any atom is 0.257 e. The second-order valence-corrected chi connectivity index (χ2v) is 5.79. The number of aromatic nitrogens is 2. The highest BCUT2D eigenvalue weighted by atomic mass is 35.5. The van der Waals surface area contributed by atoms with E-state index in [1.165, 1.54) is 0 Å². The molecule has 0 spiro atoms. The molecule has 1 unspecified atom stereocenters.